The van der Waals surface area contributed by atoms with Gasteiger partial charge in [0.25, 0.3) is 0 Å². The summed E-state index contributed by atoms with van der Waals surface area (Å²) in [7, 11) is 0. The SMILES string of the molecule is CCCN(CCC(=O)O)C(=O)C[C@H](CC)NC(=O)OCC1c2ccccc2-c2ccccc21. The highest BCUT2D eigenvalue weighted by atomic mass is 16.5. The molecule has 2 N–H and O–H groups in total. The molecule has 3 rings (SSSR count). The van der Waals surface area contributed by atoms with Crippen molar-refractivity contribution in [3.05, 3.63) is 59.7 Å². The van der Waals surface area contributed by atoms with E-state index in [4.69, 9.17) is 9.84 Å². The van der Waals surface area contributed by atoms with Crippen LogP contribution in [-0.2, 0) is 14.3 Å². The van der Waals surface area contributed by atoms with Gasteiger partial charge in [0.05, 0.1) is 6.42 Å². The van der Waals surface area contributed by atoms with E-state index >= 15 is 0 Å². The maximum Gasteiger partial charge on any atom is 0.407 e. The minimum absolute atomic E-state index is 0.0269. The van der Waals surface area contributed by atoms with Crippen LogP contribution in [0.4, 0.5) is 4.79 Å². The Hall–Kier alpha value is -3.35. The molecule has 0 saturated carbocycles. The highest BCUT2D eigenvalue weighted by Crippen LogP contribution is 2.44. The third-order valence-corrected chi connectivity index (χ3v) is 6.02. The Morgan fingerprint density at radius 2 is 1.61 bits per heavy atom. The third kappa shape index (κ3) is 6.12. The summed E-state index contributed by atoms with van der Waals surface area (Å²) in [6, 6.07) is 15.9. The molecule has 1 aliphatic rings. The van der Waals surface area contributed by atoms with Crippen molar-refractivity contribution in [2.45, 2.75) is 51.5 Å². The number of nitrogens with one attached hydrogen (secondary N) is 1. The maximum absolute atomic E-state index is 12.7. The summed E-state index contributed by atoms with van der Waals surface area (Å²) in [5.74, 6) is -1.13. The van der Waals surface area contributed by atoms with Crippen molar-refractivity contribution in [2.75, 3.05) is 19.7 Å². The first-order valence-electron chi connectivity index (χ1n) is 11.6. The van der Waals surface area contributed by atoms with Crippen molar-refractivity contribution < 1.29 is 24.2 Å². The molecule has 2 aromatic carbocycles. The Labute approximate surface area is 194 Å². The minimum atomic E-state index is -0.937. The lowest BCUT2D eigenvalue weighted by molar-refractivity contribution is -0.138. The van der Waals surface area contributed by atoms with Gasteiger partial charge < -0.3 is 20.1 Å². The molecule has 0 saturated heterocycles. The Balaban J connectivity index is 1.57. The molecule has 0 radical (unpaired) electrons. The van der Waals surface area contributed by atoms with Crippen LogP contribution in [-0.4, -0.2) is 53.7 Å². The van der Waals surface area contributed by atoms with E-state index in [9.17, 15) is 14.4 Å². The molecule has 2 amide bonds. The molecular weight excluding hydrogens is 420 g/mol. The van der Waals surface area contributed by atoms with E-state index in [-0.39, 0.29) is 43.9 Å². The van der Waals surface area contributed by atoms with Gasteiger partial charge in [-0.1, -0.05) is 62.4 Å². The number of benzene rings is 2. The van der Waals surface area contributed by atoms with Gasteiger partial charge in [0.15, 0.2) is 0 Å². The smallest absolute Gasteiger partial charge is 0.407 e. The summed E-state index contributed by atoms with van der Waals surface area (Å²) in [6.07, 6.45) is 0.767. The molecule has 1 aliphatic carbocycles. The van der Waals surface area contributed by atoms with Gasteiger partial charge in [-0.3, -0.25) is 9.59 Å². The zero-order valence-corrected chi connectivity index (χ0v) is 19.3. The molecule has 0 fully saturated rings. The van der Waals surface area contributed by atoms with E-state index in [1.807, 2.05) is 38.1 Å². The predicted molar refractivity (Wildman–Crippen MR) is 126 cm³/mol. The van der Waals surface area contributed by atoms with Gasteiger partial charge in [0.2, 0.25) is 5.91 Å². The number of carboxylic acids is 1. The number of alkyl carbamates (subject to hydrolysis) is 1. The second-order valence-electron chi connectivity index (χ2n) is 8.30. The van der Waals surface area contributed by atoms with Crippen LogP contribution in [0.3, 0.4) is 0 Å². The topological polar surface area (TPSA) is 95.9 Å². The lowest BCUT2D eigenvalue weighted by Crippen LogP contribution is -2.41. The maximum atomic E-state index is 12.7. The van der Waals surface area contributed by atoms with Crippen LogP contribution in [0.5, 0.6) is 0 Å². The number of ether oxygens (including phenoxy) is 1. The van der Waals surface area contributed by atoms with E-state index in [0.717, 1.165) is 28.7 Å². The van der Waals surface area contributed by atoms with E-state index in [1.165, 1.54) is 0 Å². The number of carbonyl (C=O) groups is 3. The predicted octanol–water partition coefficient (Wildman–Crippen LogP) is 4.41. The van der Waals surface area contributed by atoms with Crippen molar-refractivity contribution in [2.24, 2.45) is 0 Å². The molecule has 0 bridgehead atoms. The number of nitrogens with zero attached hydrogens (tertiary/aromatic N) is 1. The van der Waals surface area contributed by atoms with Crippen LogP contribution in [0.1, 0.15) is 56.6 Å². The molecule has 0 aromatic heterocycles. The normalized spacial score (nSPS) is 13.0. The first kappa shape index (κ1) is 24.3. The average molecular weight is 453 g/mol. The molecule has 0 unspecified atom stereocenters. The first-order valence-corrected chi connectivity index (χ1v) is 11.6. The van der Waals surface area contributed by atoms with Crippen LogP contribution >= 0.6 is 0 Å². The van der Waals surface area contributed by atoms with Crippen molar-refractivity contribution in [1.82, 2.24) is 10.2 Å². The monoisotopic (exact) mass is 452 g/mol. The molecule has 33 heavy (non-hydrogen) atoms. The fourth-order valence-electron chi connectivity index (χ4n) is 4.31. The molecule has 7 heteroatoms. The number of rotatable bonds is 11. The van der Waals surface area contributed by atoms with Crippen LogP contribution in [0.15, 0.2) is 48.5 Å². The second kappa shape index (κ2) is 11.5. The lowest BCUT2D eigenvalue weighted by Gasteiger charge is -2.24. The van der Waals surface area contributed by atoms with Gasteiger partial charge in [-0.2, -0.15) is 0 Å². The highest BCUT2D eigenvalue weighted by Gasteiger charge is 2.29. The van der Waals surface area contributed by atoms with Gasteiger partial charge in [-0.05, 0) is 35.1 Å². The van der Waals surface area contributed by atoms with Gasteiger partial charge in [0, 0.05) is 31.5 Å². The minimum Gasteiger partial charge on any atom is -0.481 e. The highest BCUT2D eigenvalue weighted by molar-refractivity contribution is 5.80. The number of carboxylic acid groups (broad SMARTS) is 1. The Morgan fingerprint density at radius 1 is 1.00 bits per heavy atom. The van der Waals surface area contributed by atoms with Crippen molar-refractivity contribution >= 4 is 18.0 Å². The van der Waals surface area contributed by atoms with Crippen LogP contribution < -0.4 is 5.32 Å². The van der Waals surface area contributed by atoms with E-state index in [2.05, 4.69) is 29.6 Å². The van der Waals surface area contributed by atoms with Crippen molar-refractivity contribution in [3.63, 3.8) is 0 Å². The van der Waals surface area contributed by atoms with E-state index in [1.54, 1.807) is 4.90 Å². The lowest BCUT2D eigenvalue weighted by atomic mass is 9.98. The third-order valence-electron chi connectivity index (χ3n) is 6.02. The zero-order chi connectivity index (χ0) is 23.8. The summed E-state index contributed by atoms with van der Waals surface area (Å²) in [5, 5.41) is 11.7. The largest absolute Gasteiger partial charge is 0.481 e. The fraction of sp³-hybridized carbons (Fsp3) is 0.423. The number of aliphatic carboxylic acids is 1. The standard InChI is InChI=1S/C26H32N2O5/c1-3-14-28(15-13-25(30)31)24(29)16-18(4-2)27-26(32)33-17-23-21-11-7-5-9-19(21)20-10-6-8-12-22(20)23/h5-12,18,23H,3-4,13-17H2,1-2H3,(H,27,32)(H,30,31)/t18-/m0/s1. The average Bonchev–Trinajstić information content (AvgIpc) is 3.13. The van der Waals surface area contributed by atoms with E-state index < -0.39 is 12.1 Å². The van der Waals surface area contributed by atoms with E-state index in [0.29, 0.717) is 13.0 Å². The Morgan fingerprint density at radius 3 is 2.15 bits per heavy atom. The zero-order valence-electron chi connectivity index (χ0n) is 19.3. The molecule has 176 valence electrons. The van der Waals surface area contributed by atoms with Gasteiger partial charge in [-0.25, -0.2) is 4.79 Å². The second-order valence-corrected chi connectivity index (χ2v) is 8.30. The molecule has 0 heterocycles. The molecular formula is C26H32N2O5. The summed E-state index contributed by atoms with van der Waals surface area (Å²) in [4.78, 5) is 37.7. The van der Waals surface area contributed by atoms with Crippen LogP contribution in [0.25, 0.3) is 11.1 Å². The molecule has 0 spiro atoms. The summed E-state index contributed by atoms with van der Waals surface area (Å²) in [5.41, 5.74) is 4.61. The number of hydrogen-bond donors (Lipinski definition) is 2. The van der Waals surface area contributed by atoms with Gasteiger partial charge >= 0.3 is 12.1 Å². The Kier molecular flexibility index (Phi) is 8.46. The van der Waals surface area contributed by atoms with Crippen LogP contribution in [0, 0.1) is 0 Å². The van der Waals surface area contributed by atoms with Crippen molar-refractivity contribution in [1.29, 1.82) is 0 Å². The summed E-state index contributed by atoms with van der Waals surface area (Å²) < 4.78 is 5.59. The molecule has 7 nitrogen and oxygen atoms in total. The first-order chi connectivity index (χ1) is 15.9. The quantitative estimate of drug-likeness (QED) is 0.527. The fourth-order valence-corrected chi connectivity index (χ4v) is 4.31. The summed E-state index contributed by atoms with van der Waals surface area (Å²) in [6.45, 7) is 4.71. The summed E-state index contributed by atoms with van der Waals surface area (Å²) >= 11 is 0. The van der Waals surface area contributed by atoms with Crippen molar-refractivity contribution in [3.8, 4) is 11.1 Å². The number of carbonyl (C=O) groups excluding carboxylic acids is 2. The number of hydrogen-bond acceptors (Lipinski definition) is 4. The molecule has 0 aliphatic heterocycles. The number of fused-ring (bicyclic) bond motifs is 3. The van der Waals surface area contributed by atoms with Gasteiger partial charge in [-0.15, -0.1) is 0 Å². The molecule has 1 atom stereocenters. The van der Waals surface area contributed by atoms with Gasteiger partial charge in [0.1, 0.15) is 6.61 Å². The van der Waals surface area contributed by atoms with Crippen LogP contribution in [0.2, 0.25) is 0 Å². The number of amides is 2. The Bertz CT molecular complexity index is 945. The molecule has 2 aromatic rings.